The second-order valence-corrected chi connectivity index (χ2v) is 7.15. The maximum atomic E-state index is 12.3. The van der Waals surface area contributed by atoms with Gasteiger partial charge < -0.3 is 14.6 Å². The van der Waals surface area contributed by atoms with Crippen molar-refractivity contribution in [2.75, 3.05) is 17.7 Å². The predicted octanol–water partition coefficient (Wildman–Crippen LogP) is 3.87. The summed E-state index contributed by atoms with van der Waals surface area (Å²) in [5.74, 6) is -0.630. The fourth-order valence-corrected chi connectivity index (χ4v) is 3.77. The maximum Gasteiger partial charge on any atom is 0.338 e. The highest BCUT2D eigenvalue weighted by molar-refractivity contribution is 7.99. The number of nitrogens with one attached hydrogen (secondary N) is 1. The van der Waals surface area contributed by atoms with Gasteiger partial charge in [-0.15, -0.1) is 0 Å². The summed E-state index contributed by atoms with van der Waals surface area (Å²) in [6.07, 6.45) is 0. The number of aryl methyl sites for hydroxylation is 1. The monoisotopic (exact) mass is 428 g/mol. The van der Waals surface area contributed by atoms with Crippen LogP contribution in [0.5, 0.6) is 0 Å². The van der Waals surface area contributed by atoms with E-state index >= 15 is 0 Å². The number of benzene rings is 2. The Balaban J connectivity index is 1.73. The van der Waals surface area contributed by atoms with E-state index in [9.17, 15) is 19.7 Å². The largest absolute Gasteiger partial charge is 0.462 e. The Morgan fingerprint density at radius 1 is 1.23 bits per heavy atom. The molecular formula is C20H20N4O5S. The van der Waals surface area contributed by atoms with E-state index in [1.807, 2.05) is 17.6 Å². The Kier molecular flexibility index (Phi) is 6.68. The molecule has 0 bridgehead atoms. The first kappa shape index (κ1) is 21.3. The number of amides is 1. The number of esters is 1. The van der Waals surface area contributed by atoms with Gasteiger partial charge in [-0.05, 0) is 38.1 Å². The second kappa shape index (κ2) is 9.40. The number of nitrogens with zero attached hydrogens (tertiary/aromatic N) is 3. The van der Waals surface area contributed by atoms with Gasteiger partial charge in [0.05, 0.1) is 33.9 Å². The van der Waals surface area contributed by atoms with Crippen molar-refractivity contribution >= 4 is 46.0 Å². The van der Waals surface area contributed by atoms with Gasteiger partial charge in [0.2, 0.25) is 5.91 Å². The lowest BCUT2D eigenvalue weighted by Gasteiger charge is -2.07. The fraction of sp³-hybridized carbons (Fsp3) is 0.250. The third-order valence-electron chi connectivity index (χ3n) is 4.21. The lowest BCUT2D eigenvalue weighted by Crippen LogP contribution is -2.14. The molecule has 9 nitrogen and oxygen atoms in total. The van der Waals surface area contributed by atoms with Crippen LogP contribution in [0, 0.1) is 10.1 Å². The average Bonchev–Trinajstić information content (AvgIpc) is 3.09. The van der Waals surface area contributed by atoms with Crippen LogP contribution in [0.1, 0.15) is 24.2 Å². The molecular weight excluding hydrogens is 408 g/mol. The Morgan fingerprint density at radius 2 is 2.03 bits per heavy atom. The molecule has 2 aromatic carbocycles. The predicted molar refractivity (Wildman–Crippen MR) is 114 cm³/mol. The van der Waals surface area contributed by atoms with Crippen molar-refractivity contribution in [3.63, 3.8) is 0 Å². The third kappa shape index (κ3) is 4.77. The molecule has 1 amide bonds. The lowest BCUT2D eigenvalue weighted by molar-refractivity contribution is -0.384. The van der Waals surface area contributed by atoms with E-state index < -0.39 is 10.9 Å². The van der Waals surface area contributed by atoms with Crippen LogP contribution in [0.2, 0.25) is 0 Å². The normalized spacial score (nSPS) is 10.7. The first-order valence-corrected chi connectivity index (χ1v) is 10.3. The molecule has 1 N–H and O–H groups in total. The third-order valence-corrected chi connectivity index (χ3v) is 5.19. The lowest BCUT2D eigenvalue weighted by atomic mass is 10.2. The number of carbonyl (C=O) groups excluding carboxylic acids is 2. The summed E-state index contributed by atoms with van der Waals surface area (Å²) in [7, 11) is 0. The molecule has 0 saturated carbocycles. The van der Waals surface area contributed by atoms with Crippen molar-refractivity contribution < 1.29 is 19.2 Å². The van der Waals surface area contributed by atoms with Crippen LogP contribution in [0.4, 0.5) is 11.4 Å². The summed E-state index contributed by atoms with van der Waals surface area (Å²) in [6, 6.07) is 10.9. The number of thioether (sulfide) groups is 1. The van der Waals surface area contributed by atoms with Crippen molar-refractivity contribution in [2.24, 2.45) is 0 Å². The minimum Gasteiger partial charge on any atom is -0.462 e. The van der Waals surface area contributed by atoms with E-state index in [-0.39, 0.29) is 17.3 Å². The van der Waals surface area contributed by atoms with Gasteiger partial charge in [-0.25, -0.2) is 9.78 Å². The van der Waals surface area contributed by atoms with Crippen LogP contribution in [0.15, 0.2) is 47.6 Å². The fourth-order valence-electron chi connectivity index (χ4n) is 2.89. The first-order valence-electron chi connectivity index (χ1n) is 9.27. The Bertz CT molecular complexity index is 1110. The Labute approximate surface area is 176 Å². The van der Waals surface area contributed by atoms with E-state index in [1.54, 1.807) is 25.1 Å². The molecule has 1 heterocycles. The average molecular weight is 428 g/mol. The molecule has 0 spiro atoms. The Morgan fingerprint density at radius 3 is 2.73 bits per heavy atom. The number of anilines is 1. The van der Waals surface area contributed by atoms with Gasteiger partial charge in [-0.1, -0.05) is 17.8 Å². The summed E-state index contributed by atoms with van der Waals surface area (Å²) in [5.41, 5.74) is 2.18. The maximum absolute atomic E-state index is 12.3. The zero-order valence-corrected chi connectivity index (χ0v) is 17.3. The molecule has 0 fully saturated rings. The van der Waals surface area contributed by atoms with Crippen LogP contribution in [-0.2, 0) is 16.1 Å². The summed E-state index contributed by atoms with van der Waals surface area (Å²) >= 11 is 1.25. The van der Waals surface area contributed by atoms with E-state index in [4.69, 9.17) is 4.74 Å². The number of imidazole rings is 1. The number of non-ortho nitro benzene ring substituents is 1. The van der Waals surface area contributed by atoms with Crippen molar-refractivity contribution in [1.29, 1.82) is 0 Å². The van der Waals surface area contributed by atoms with E-state index in [0.717, 1.165) is 5.52 Å². The first-order chi connectivity index (χ1) is 14.4. The number of hydrogen-bond donors (Lipinski definition) is 1. The number of ether oxygens (including phenoxy) is 1. The topological polar surface area (TPSA) is 116 Å². The van der Waals surface area contributed by atoms with Gasteiger partial charge in [-0.3, -0.25) is 14.9 Å². The van der Waals surface area contributed by atoms with E-state index in [0.29, 0.717) is 35.1 Å². The molecule has 0 saturated heterocycles. The quantitative estimate of drug-likeness (QED) is 0.250. The van der Waals surface area contributed by atoms with Gasteiger partial charge in [0.1, 0.15) is 0 Å². The number of nitro groups is 1. The smallest absolute Gasteiger partial charge is 0.338 e. The highest BCUT2D eigenvalue weighted by atomic mass is 32.2. The highest BCUT2D eigenvalue weighted by Crippen LogP contribution is 2.26. The number of hydrogen-bond acceptors (Lipinski definition) is 7. The summed E-state index contributed by atoms with van der Waals surface area (Å²) in [4.78, 5) is 39.1. The molecule has 0 unspecified atom stereocenters. The standard InChI is InChI=1S/C20H20N4O5S/c1-3-23-17-9-8-13(19(26)29-4-2)10-16(17)22-20(23)30-12-18(25)21-14-6-5-7-15(11-14)24(27)28/h5-11H,3-4,12H2,1-2H3,(H,21,25). The van der Waals surface area contributed by atoms with Crippen LogP contribution in [-0.4, -0.2) is 38.7 Å². The molecule has 3 aromatic rings. The van der Waals surface area contributed by atoms with Crippen LogP contribution < -0.4 is 5.32 Å². The number of nitro benzene ring substituents is 1. The summed E-state index contributed by atoms with van der Waals surface area (Å²) < 4.78 is 6.98. The van der Waals surface area contributed by atoms with Gasteiger partial charge >= 0.3 is 5.97 Å². The van der Waals surface area contributed by atoms with Gasteiger partial charge in [-0.2, -0.15) is 0 Å². The molecule has 0 atom stereocenters. The van der Waals surface area contributed by atoms with Crippen LogP contribution in [0.25, 0.3) is 11.0 Å². The van der Waals surface area contributed by atoms with Gasteiger partial charge in [0.15, 0.2) is 5.16 Å². The number of fused-ring (bicyclic) bond motifs is 1. The minimum atomic E-state index is -0.515. The minimum absolute atomic E-state index is 0.0801. The van der Waals surface area contributed by atoms with Gasteiger partial charge in [0, 0.05) is 24.4 Å². The van der Waals surface area contributed by atoms with E-state index in [2.05, 4.69) is 10.3 Å². The van der Waals surface area contributed by atoms with E-state index in [1.165, 1.54) is 30.0 Å². The van der Waals surface area contributed by atoms with Crippen molar-refractivity contribution in [3.05, 3.63) is 58.1 Å². The summed E-state index contributed by atoms with van der Waals surface area (Å²) in [6.45, 7) is 4.65. The SMILES string of the molecule is CCOC(=O)c1ccc2c(c1)nc(SCC(=O)Nc1cccc([N+](=O)[O-])c1)n2CC. The second-order valence-electron chi connectivity index (χ2n) is 6.21. The highest BCUT2D eigenvalue weighted by Gasteiger charge is 2.15. The molecule has 10 heteroatoms. The number of rotatable bonds is 8. The molecule has 0 aliphatic rings. The Hall–Kier alpha value is -3.40. The van der Waals surface area contributed by atoms with Gasteiger partial charge in [0.25, 0.3) is 5.69 Å². The van der Waals surface area contributed by atoms with Crippen molar-refractivity contribution in [1.82, 2.24) is 9.55 Å². The molecule has 1 aromatic heterocycles. The number of aromatic nitrogens is 2. The molecule has 3 rings (SSSR count). The molecule has 0 radical (unpaired) electrons. The molecule has 0 aliphatic heterocycles. The van der Waals surface area contributed by atoms with Crippen LogP contribution in [0.3, 0.4) is 0 Å². The van der Waals surface area contributed by atoms with Crippen molar-refractivity contribution in [2.45, 2.75) is 25.5 Å². The molecule has 0 aliphatic carbocycles. The van der Waals surface area contributed by atoms with Crippen LogP contribution >= 0.6 is 11.8 Å². The van der Waals surface area contributed by atoms with Crippen molar-refractivity contribution in [3.8, 4) is 0 Å². The zero-order chi connectivity index (χ0) is 21.7. The molecule has 30 heavy (non-hydrogen) atoms. The molecule has 156 valence electrons. The zero-order valence-electron chi connectivity index (χ0n) is 16.5. The summed E-state index contributed by atoms with van der Waals surface area (Å²) in [5, 5.41) is 14.2. The number of carbonyl (C=O) groups is 2.